The van der Waals surface area contributed by atoms with E-state index in [1.807, 2.05) is 48.6 Å². The van der Waals surface area contributed by atoms with E-state index in [4.69, 9.17) is 0 Å². The number of phenolic OH excluding ortho intramolecular Hbond substituents is 1. The van der Waals surface area contributed by atoms with Crippen LogP contribution in [0, 0.1) is 0 Å². The lowest BCUT2D eigenvalue weighted by atomic mass is 9.86. The standard InChI is InChI=1S/C19H16O2/c20-17-11-12-18-16(13-17)10-9-15(19(18)21)8-4-7-14-5-2-1-3-6-14/h1-8,11-13,20H,9-10H2/b7-4+,15-8+. The van der Waals surface area contributed by atoms with Gasteiger partial charge in [0, 0.05) is 11.1 Å². The zero-order valence-corrected chi connectivity index (χ0v) is 11.6. The molecule has 104 valence electrons. The molecule has 0 fully saturated rings. The second kappa shape index (κ2) is 5.80. The van der Waals surface area contributed by atoms with E-state index in [1.54, 1.807) is 18.2 Å². The van der Waals surface area contributed by atoms with Crippen molar-refractivity contribution in [3.8, 4) is 5.75 Å². The van der Waals surface area contributed by atoms with Crippen molar-refractivity contribution in [1.82, 2.24) is 0 Å². The Kier molecular flexibility index (Phi) is 3.69. The minimum atomic E-state index is 0.0639. The number of fused-ring (bicyclic) bond motifs is 1. The molecule has 0 unspecified atom stereocenters. The Labute approximate surface area is 124 Å². The fourth-order valence-corrected chi connectivity index (χ4v) is 2.56. The van der Waals surface area contributed by atoms with Crippen LogP contribution < -0.4 is 0 Å². The predicted molar refractivity (Wildman–Crippen MR) is 84.3 cm³/mol. The molecule has 0 radical (unpaired) electrons. The minimum Gasteiger partial charge on any atom is -0.508 e. The van der Waals surface area contributed by atoms with Crippen LogP contribution in [0.1, 0.15) is 27.9 Å². The van der Waals surface area contributed by atoms with Crippen LogP contribution in [-0.2, 0) is 6.42 Å². The van der Waals surface area contributed by atoms with Gasteiger partial charge in [-0.15, -0.1) is 0 Å². The van der Waals surface area contributed by atoms with Crippen molar-refractivity contribution in [3.05, 3.63) is 82.9 Å². The molecule has 0 aromatic heterocycles. The molecule has 3 rings (SSSR count). The highest BCUT2D eigenvalue weighted by Crippen LogP contribution is 2.27. The summed E-state index contributed by atoms with van der Waals surface area (Å²) in [6, 6.07) is 15.0. The van der Waals surface area contributed by atoms with E-state index < -0.39 is 0 Å². The van der Waals surface area contributed by atoms with E-state index in [-0.39, 0.29) is 11.5 Å². The van der Waals surface area contributed by atoms with Gasteiger partial charge in [0.15, 0.2) is 5.78 Å². The third-order valence-corrected chi connectivity index (χ3v) is 3.67. The Morgan fingerprint density at radius 2 is 1.81 bits per heavy atom. The zero-order valence-electron chi connectivity index (χ0n) is 11.6. The molecule has 21 heavy (non-hydrogen) atoms. The fourth-order valence-electron chi connectivity index (χ4n) is 2.56. The maximum Gasteiger partial charge on any atom is 0.189 e. The molecule has 1 aliphatic rings. The van der Waals surface area contributed by atoms with Crippen LogP contribution in [0.5, 0.6) is 5.75 Å². The summed E-state index contributed by atoms with van der Waals surface area (Å²) < 4.78 is 0. The number of ketones is 1. The second-order valence-electron chi connectivity index (χ2n) is 5.13. The van der Waals surface area contributed by atoms with Crippen molar-refractivity contribution in [2.75, 3.05) is 0 Å². The molecule has 0 amide bonds. The molecule has 1 N–H and O–H groups in total. The van der Waals surface area contributed by atoms with Crippen LogP contribution >= 0.6 is 0 Å². The van der Waals surface area contributed by atoms with Crippen LogP contribution in [0.2, 0.25) is 0 Å². The number of benzene rings is 2. The normalized spacial score (nSPS) is 16.4. The lowest BCUT2D eigenvalue weighted by Gasteiger charge is -2.17. The predicted octanol–water partition coefficient (Wildman–Crippen LogP) is 4.16. The van der Waals surface area contributed by atoms with Crippen LogP contribution in [0.3, 0.4) is 0 Å². The van der Waals surface area contributed by atoms with Crippen molar-refractivity contribution in [2.45, 2.75) is 12.8 Å². The number of aromatic hydroxyl groups is 1. The number of phenols is 1. The largest absolute Gasteiger partial charge is 0.508 e. The smallest absolute Gasteiger partial charge is 0.189 e. The van der Waals surface area contributed by atoms with E-state index in [0.717, 1.165) is 23.1 Å². The van der Waals surface area contributed by atoms with Crippen molar-refractivity contribution in [1.29, 1.82) is 0 Å². The second-order valence-corrected chi connectivity index (χ2v) is 5.13. The van der Waals surface area contributed by atoms with E-state index in [0.29, 0.717) is 12.0 Å². The first-order chi connectivity index (χ1) is 10.2. The lowest BCUT2D eigenvalue weighted by molar-refractivity contribution is 0.102. The van der Waals surface area contributed by atoms with E-state index in [9.17, 15) is 9.90 Å². The molecular weight excluding hydrogens is 260 g/mol. The molecular formula is C19H16O2. The van der Waals surface area contributed by atoms with Crippen LogP contribution in [-0.4, -0.2) is 10.9 Å². The van der Waals surface area contributed by atoms with Crippen molar-refractivity contribution >= 4 is 11.9 Å². The molecule has 1 aliphatic carbocycles. The Bertz CT molecular complexity index is 724. The first-order valence-electron chi connectivity index (χ1n) is 7.03. The van der Waals surface area contributed by atoms with Gasteiger partial charge in [0.25, 0.3) is 0 Å². The van der Waals surface area contributed by atoms with E-state index in [1.165, 1.54) is 0 Å². The topological polar surface area (TPSA) is 37.3 Å². The van der Waals surface area contributed by atoms with Gasteiger partial charge in [-0.2, -0.15) is 0 Å². The van der Waals surface area contributed by atoms with Gasteiger partial charge in [0.05, 0.1) is 0 Å². The summed E-state index contributed by atoms with van der Waals surface area (Å²) in [7, 11) is 0. The average molecular weight is 276 g/mol. The summed E-state index contributed by atoms with van der Waals surface area (Å²) in [5.74, 6) is 0.284. The van der Waals surface area contributed by atoms with Gasteiger partial charge in [-0.05, 0) is 42.2 Å². The van der Waals surface area contributed by atoms with Crippen molar-refractivity contribution in [3.63, 3.8) is 0 Å². The highest BCUT2D eigenvalue weighted by atomic mass is 16.3. The Balaban J connectivity index is 1.82. The summed E-state index contributed by atoms with van der Waals surface area (Å²) in [4.78, 5) is 12.4. The molecule has 0 spiro atoms. The number of allylic oxidation sites excluding steroid dienone is 3. The molecule has 0 aliphatic heterocycles. The Hall–Kier alpha value is -2.61. The number of hydrogen-bond donors (Lipinski definition) is 1. The average Bonchev–Trinajstić information content (AvgIpc) is 2.50. The van der Waals surface area contributed by atoms with Crippen LogP contribution in [0.4, 0.5) is 0 Å². The summed E-state index contributed by atoms with van der Waals surface area (Å²) >= 11 is 0. The van der Waals surface area contributed by atoms with Crippen LogP contribution in [0.15, 0.2) is 66.3 Å². The number of hydrogen-bond acceptors (Lipinski definition) is 2. The van der Waals surface area contributed by atoms with Gasteiger partial charge in [0.2, 0.25) is 0 Å². The first kappa shape index (κ1) is 13.4. The third kappa shape index (κ3) is 2.95. The van der Waals surface area contributed by atoms with E-state index >= 15 is 0 Å². The van der Waals surface area contributed by atoms with Crippen LogP contribution in [0.25, 0.3) is 6.08 Å². The highest BCUT2D eigenvalue weighted by molar-refractivity contribution is 6.11. The first-order valence-corrected chi connectivity index (χ1v) is 7.03. The molecule has 2 aromatic carbocycles. The Morgan fingerprint density at radius 1 is 1.00 bits per heavy atom. The molecule has 0 saturated heterocycles. The third-order valence-electron chi connectivity index (χ3n) is 3.67. The number of Topliss-reactive ketones (excluding diaryl/α,β-unsaturated/α-hetero) is 1. The number of aryl methyl sites for hydroxylation is 1. The minimum absolute atomic E-state index is 0.0639. The van der Waals surface area contributed by atoms with Gasteiger partial charge in [-0.3, -0.25) is 4.79 Å². The zero-order chi connectivity index (χ0) is 14.7. The van der Waals surface area contributed by atoms with Crippen molar-refractivity contribution < 1.29 is 9.90 Å². The highest BCUT2D eigenvalue weighted by Gasteiger charge is 2.21. The SMILES string of the molecule is O=C1/C(=C/C=C/c2ccccc2)CCc2cc(O)ccc21. The van der Waals surface area contributed by atoms with Crippen molar-refractivity contribution in [2.24, 2.45) is 0 Å². The molecule has 2 heteroatoms. The summed E-state index contributed by atoms with van der Waals surface area (Å²) in [6.07, 6.45) is 7.32. The number of carbonyl (C=O) groups excluding carboxylic acids is 1. The molecule has 0 saturated carbocycles. The number of rotatable bonds is 2. The summed E-state index contributed by atoms with van der Waals surface area (Å²) in [5.41, 5.74) is 3.57. The molecule has 0 bridgehead atoms. The monoisotopic (exact) mass is 276 g/mol. The van der Waals surface area contributed by atoms with Gasteiger partial charge in [0.1, 0.15) is 5.75 Å². The molecule has 0 atom stereocenters. The molecule has 2 aromatic rings. The maximum atomic E-state index is 12.4. The lowest BCUT2D eigenvalue weighted by Crippen LogP contribution is -2.13. The van der Waals surface area contributed by atoms with Gasteiger partial charge in [-0.25, -0.2) is 0 Å². The van der Waals surface area contributed by atoms with Gasteiger partial charge < -0.3 is 5.11 Å². The number of carbonyl (C=O) groups is 1. The fraction of sp³-hybridized carbons (Fsp3) is 0.105. The molecule has 2 nitrogen and oxygen atoms in total. The molecule has 0 heterocycles. The summed E-state index contributed by atoms with van der Waals surface area (Å²) in [6.45, 7) is 0. The van der Waals surface area contributed by atoms with Gasteiger partial charge >= 0.3 is 0 Å². The maximum absolute atomic E-state index is 12.4. The Morgan fingerprint density at radius 3 is 2.62 bits per heavy atom. The van der Waals surface area contributed by atoms with E-state index in [2.05, 4.69) is 0 Å². The van der Waals surface area contributed by atoms with Gasteiger partial charge in [-0.1, -0.05) is 48.6 Å². The quantitative estimate of drug-likeness (QED) is 0.836. The summed E-state index contributed by atoms with van der Waals surface area (Å²) in [5, 5.41) is 9.47.